The quantitative estimate of drug-likeness (QED) is 0.143. The van der Waals surface area contributed by atoms with Crippen LogP contribution in [0, 0.1) is 0 Å². The monoisotopic (exact) mass is 885 g/mol. The number of hydrogen-bond donors (Lipinski definition) is 0. The third-order valence-electron chi connectivity index (χ3n) is 13.3. The van der Waals surface area contributed by atoms with Crippen LogP contribution in [0.5, 0.6) is 0 Å². The number of aromatic nitrogens is 1. The topological polar surface area (TPSA) is 11.4 Å². The molecule has 0 bridgehead atoms. The van der Waals surface area contributed by atoms with E-state index < -0.39 is 0 Å². The molecule has 320 valence electrons. The minimum absolute atomic E-state index is 1.08. The van der Waals surface area contributed by atoms with Crippen molar-refractivity contribution < 1.29 is 0 Å². The fourth-order valence-corrected chi connectivity index (χ4v) is 11.5. The lowest BCUT2D eigenvalue weighted by Gasteiger charge is -2.29. The Morgan fingerprint density at radius 2 is 0.926 bits per heavy atom. The van der Waals surface area contributed by atoms with Crippen molar-refractivity contribution in [3.63, 3.8) is 0 Å². The summed E-state index contributed by atoms with van der Waals surface area (Å²) in [5.74, 6) is 0. The van der Waals surface area contributed by atoms with Crippen LogP contribution in [0.25, 0.3) is 80.7 Å². The predicted octanol–water partition coefficient (Wildman–Crippen LogP) is 18.6. The van der Waals surface area contributed by atoms with Crippen molar-refractivity contribution in [2.45, 2.75) is 0 Å². The van der Waals surface area contributed by atoms with Crippen molar-refractivity contribution in [1.82, 2.24) is 4.57 Å². The van der Waals surface area contributed by atoms with E-state index in [9.17, 15) is 0 Å². The Bertz CT molecular complexity index is 3970. The summed E-state index contributed by atoms with van der Waals surface area (Å²) in [5, 5.41) is 7.64. The Balaban J connectivity index is 0.953. The van der Waals surface area contributed by atoms with Crippen LogP contribution >= 0.6 is 11.3 Å². The highest BCUT2D eigenvalue weighted by molar-refractivity contribution is 7.26. The van der Waals surface area contributed by atoms with Gasteiger partial charge in [0.1, 0.15) is 0 Å². The van der Waals surface area contributed by atoms with Crippen LogP contribution in [0.15, 0.2) is 261 Å². The minimum atomic E-state index is 1.08. The van der Waals surface area contributed by atoms with E-state index in [0.717, 1.165) is 50.9 Å². The van der Waals surface area contributed by atoms with E-state index >= 15 is 0 Å². The third-order valence-corrected chi connectivity index (χ3v) is 14.5. The number of nitrogens with zero attached hydrogens (tertiary/aromatic N) is 3. The van der Waals surface area contributed by atoms with E-state index in [1.54, 1.807) is 0 Å². The molecule has 68 heavy (non-hydrogen) atoms. The van der Waals surface area contributed by atoms with Crippen molar-refractivity contribution in [3.05, 3.63) is 261 Å². The molecule has 0 aliphatic rings. The summed E-state index contributed by atoms with van der Waals surface area (Å²) >= 11 is 1.89. The molecule has 2 heterocycles. The van der Waals surface area contributed by atoms with Crippen LogP contribution in [-0.2, 0) is 0 Å². The van der Waals surface area contributed by atoms with Gasteiger partial charge in [-0.05, 0) is 125 Å². The first kappa shape index (κ1) is 39.6. The molecule has 4 heteroatoms. The molecular weight excluding hydrogens is 843 g/mol. The lowest BCUT2D eigenvalue weighted by atomic mass is 9.99. The molecule has 0 aliphatic carbocycles. The van der Waals surface area contributed by atoms with Gasteiger partial charge in [0.25, 0.3) is 0 Å². The van der Waals surface area contributed by atoms with Crippen LogP contribution in [0.1, 0.15) is 0 Å². The molecule has 2 aromatic heterocycles. The maximum absolute atomic E-state index is 2.45. The first-order chi connectivity index (χ1) is 33.7. The molecule has 0 N–H and O–H groups in total. The number of thiophene rings is 1. The summed E-state index contributed by atoms with van der Waals surface area (Å²) in [5.41, 5.74) is 14.7. The van der Waals surface area contributed by atoms with Gasteiger partial charge in [-0.3, -0.25) is 0 Å². The van der Waals surface area contributed by atoms with E-state index in [-0.39, 0.29) is 0 Å². The van der Waals surface area contributed by atoms with E-state index in [4.69, 9.17) is 0 Å². The second-order valence-corrected chi connectivity index (χ2v) is 18.4. The lowest BCUT2D eigenvalue weighted by Crippen LogP contribution is -2.12. The van der Waals surface area contributed by atoms with Crippen molar-refractivity contribution >= 4 is 98.2 Å². The third kappa shape index (κ3) is 6.81. The van der Waals surface area contributed by atoms with Gasteiger partial charge < -0.3 is 14.4 Å². The SMILES string of the molecule is c1ccc(N(c2ccc(-c3ccc4ccccc4c3)cc2)c2cccc(-c3ccccc3N(c3ccccc3)c3ccc4c5c6sc7ccccc7c6ccc5n(-c5ccccc5)c4c3)c2)cc1. The molecule has 0 radical (unpaired) electrons. The number of anilines is 6. The summed E-state index contributed by atoms with van der Waals surface area (Å²) in [4.78, 5) is 4.78. The smallest absolute Gasteiger partial charge is 0.0562 e. The molecule has 0 saturated heterocycles. The van der Waals surface area contributed by atoms with Gasteiger partial charge in [0.2, 0.25) is 0 Å². The first-order valence-electron chi connectivity index (χ1n) is 23.2. The summed E-state index contributed by atoms with van der Waals surface area (Å²) in [6, 6.07) is 94.8. The lowest BCUT2D eigenvalue weighted by molar-refractivity contribution is 1.18. The van der Waals surface area contributed by atoms with E-state index in [0.29, 0.717) is 0 Å². The maximum Gasteiger partial charge on any atom is 0.0562 e. The summed E-state index contributed by atoms with van der Waals surface area (Å²) in [7, 11) is 0. The molecule has 0 atom stereocenters. The fourth-order valence-electron chi connectivity index (χ4n) is 10.2. The molecule has 0 saturated carbocycles. The molecule has 13 aromatic rings. The Hall–Kier alpha value is -8.70. The van der Waals surface area contributed by atoms with Crippen molar-refractivity contribution in [1.29, 1.82) is 0 Å². The Kier molecular flexibility index (Phi) is 9.69. The molecule has 11 aromatic carbocycles. The summed E-state index contributed by atoms with van der Waals surface area (Å²) in [6.45, 7) is 0. The zero-order chi connectivity index (χ0) is 45.0. The van der Waals surface area contributed by atoms with Gasteiger partial charge in [0.15, 0.2) is 0 Å². The zero-order valence-corrected chi connectivity index (χ0v) is 37.9. The largest absolute Gasteiger partial charge is 0.310 e. The predicted molar refractivity (Wildman–Crippen MR) is 291 cm³/mol. The highest BCUT2D eigenvalue weighted by Crippen LogP contribution is 2.47. The average Bonchev–Trinajstić information content (AvgIpc) is 3.96. The van der Waals surface area contributed by atoms with Crippen LogP contribution in [0.4, 0.5) is 34.1 Å². The van der Waals surface area contributed by atoms with E-state index in [1.165, 1.54) is 63.9 Å². The Morgan fingerprint density at radius 1 is 0.324 bits per heavy atom. The minimum Gasteiger partial charge on any atom is -0.310 e. The molecule has 0 unspecified atom stereocenters. The first-order valence-corrected chi connectivity index (χ1v) is 24.0. The standard InChI is InChI=1S/C64H43N3S/c1-4-20-49(21-5-1)65(52-35-33-45(34-36-52)47-32-31-44-17-10-11-18-46(44)41-47)53-26-16-19-48(42-53)55-27-12-14-29-59(55)66(50-22-6-2-7-23-50)54-37-38-58-61(43-54)67(51-24-8-3-9-25-51)60-40-39-57-56-28-13-15-30-62(56)68-64(57)63(58)60/h1-43H. The fraction of sp³-hybridized carbons (Fsp3) is 0. The second-order valence-electron chi connectivity index (χ2n) is 17.3. The summed E-state index contributed by atoms with van der Waals surface area (Å²) in [6.07, 6.45) is 0. The summed E-state index contributed by atoms with van der Waals surface area (Å²) < 4.78 is 5.08. The molecule has 0 aliphatic heterocycles. The highest BCUT2D eigenvalue weighted by Gasteiger charge is 2.23. The van der Waals surface area contributed by atoms with Crippen LogP contribution in [0.3, 0.4) is 0 Å². The number of hydrogen-bond acceptors (Lipinski definition) is 3. The zero-order valence-electron chi connectivity index (χ0n) is 37.1. The molecule has 3 nitrogen and oxygen atoms in total. The number of rotatable bonds is 9. The van der Waals surface area contributed by atoms with Gasteiger partial charge in [0, 0.05) is 70.6 Å². The van der Waals surface area contributed by atoms with Gasteiger partial charge in [-0.2, -0.15) is 0 Å². The molecule has 13 rings (SSSR count). The number of para-hydroxylation sites is 4. The molecular formula is C64H43N3S. The highest BCUT2D eigenvalue weighted by atomic mass is 32.1. The van der Waals surface area contributed by atoms with E-state index in [2.05, 4.69) is 275 Å². The van der Waals surface area contributed by atoms with E-state index in [1.807, 2.05) is 11.3 Å². The van der Waals surface area contributed by atoms with Crippen molar-refractivity contribution in [2.24, 2.45) is 0 Å². The number of fused-ring (bicyclic) bond motifs is 8. The van der Waals surface area contributed by atoms with Crippen LogP contribution in [-0.4, -0.2) is 4.57 Å². The average molecular weight is 886 g/mol. The maximum atomic E-state index is 2.45. The van der Waals surface area contributed by atoms with Gasteiger partial charge >= 0.3 is 0 Å². The number of benzene rings is 11. The Morgan fingerprint density at radius 3 is 1.74 bits per heavy atom. The Labute approximate surface area is 399 Å². The van der Waals surface area contributed by atoms with Gasteiger partial charge in [-0.15, -0.1) is 11.3 Å². The van der Waals surface area contributed by atoms with Crippen LogP contribution < -0.4 is 9.80 Å². The molecule has 0 spiro atoms. The second kappa shape index (κ2) is 16.6. The van der Waals surface area contributed by atoms with Gasteiger partial charge in [-0.1, -0.05) is 164 Å². The van der Waals surface area contributed by atoms with Crippen molar-refractivity contribution in [3.8, 4) is 27.9 Å². The molecule has 0 amide bonds. The van der Waals surface area contributed by atoms with Crippen LogP contribution in [0.2, 0.25) is 0 Å². The van der Waals surface area contributed by atoms with Crippen molar-refractivity contribution in [2.75, 3.05) is 9.80 Å². The molecule has 0 fully saturated rings. The van der Waals surface area contributed by atoms with Gasteiger partial charge in [0.05, 0.1) is 16.7 Å². The normalized spacial score (nSPS) is 11.5. The van der Waals surface area contributed by atoms with Gasteiger partial charge in [-0.25, -0.2) is 0 Å².